The lowest BCUT2D eigenvalue weighted by Gasteiger charge is -2.17. The van der Waals surface area contributed by atoms with Gasteiger partial charge in [-0.2, -0.15) is 0 Å². The van der Waals surface area contributed by atoms with Gasteiger partial charge in [0.2, 0.25) is 0 Å². The van der Waals surface area contributed by atoms with Crippen molar-refractivity contribution in [2.75, 3.05) is 13.6 Å². The maximum atomic E-state index is 5.86. The third kappa shape index (κ3) is 0.867. The van der Waals surface area contributed by atoms with Gasteiger partial charge in [-0.25, -0.2) is 0 Å². The Hall–Kier alpha value is -0.0800. The highest BCUT2D eigenvalue weighted by Gasteiger charge is 2.38. The molecule has 2 nitrogen and oxygen atoms in total. The van der Waals surface area contributed by atoms with Crippen LogP contribution in [0.25, 0.3) is 0 Å². The van der Waals surface area contributed by atoms with Gasteiger partial charge in [-0.15, -0.1) is 0 Å². The van der Waals surface area contributed by atoms with Gasteiger partial charge in [0.1, 0.15) is 0 Å². The van der Waals surface area contributed by atoms with E-state index in [-0.39, 0.29) is 0 Å². The van der Waals surface area contributed by atoms with Crippen LogP contribution in [-0.2, 0) is 0 Å². The van der Waals surface area contributed by atoms with Gasteiger partial charge in [0.25, 0.3) is 0 Å². The Labute approximate surface area is 62.4 Å². The van der Waals surface area contributed by atoms with Crippen LogP contribution in [0.1, 0.15) is 19.3 Å². The largest absolute Gasteiger partial charge is 0.328 e. The maximum absolute atomic E-state index is 5.86. The van der Waals surface area contributed by atoms with E-state index < -0.39 is 0 Å². The van der Waals surface area contributed by atoms with Gasteiger partial charge in [0.05, 0.1) is 0 Å². The second kappa shape index (κ2) is 2.21. The number of fused-ring (bicyclic) bond motifs is 1. The van der Waals surface area contributed by atoms with Crippen LogP contribution in [0, 0.1) is 5.92 Å². The Morgan fingerprint density at radius 3 is 2.90 bits per heavy atom. The molecule has 1 aliphatic heterocycles. The first kappa shape index (κ1) is 6.62. The van der Waals surface area contributed by atoms with Crippen LogP contribution >= 0.6 is 0 Å². The van der Waals surface area contributed by atoms with Crippen LogP contribution in [0.15, 0.2) is 0 Å². The minimum Gasteiger partial charge on any atom is -0.328 e. The van der Waals surface area contributed by atoms with Crippen molar-refractivity contribution in [3.8, 4) is 0 Å². The highest BCUT2D eigenvalue weighted by atomic mass is 15.2. The summed E-state index contributed by atoms with van der Waals surface area (Å²) in [4.78, 5) is 2.47. The third-order valence-electron chi connectivity index (χ3n) is 3.11. The normalized spacial score (nSPS) is 48.0. The summed E-state index contributed by atoms with van der Waals surface area (Å²) in [6.45, 7) is 1.29. The van der Waals surface area contributed by atoms with E-state index in [2.05, 4.69) is 11.9 Å². The first-order chi connectivity index (χ1) is 4.77. The Morgan fingerprint density at radius 1 is 1.40 bits per heavy atom. The maximum Gasteiger partial charge on any atom is 0.0136 e. The topological polar surface area (TPSA) is 29.3 Å². The lowest BCUT2D eigenvalue weighted by molar-refractivity contribution is 0.292. The molecular weight excluding hydrogens is 124 g/mol. The first-order valence-electron chi connectivity index (χ1n) is 4.23. The van der Waals surface area contributed by atoms with E-state index in [0.29, 0.717) is 6.04 Å². The summed E-state index contributed by atoms with van der Waals surface area (Å²) in [5.74, 6) is 0.931. The summed E-state index contributed by atoms with van der Waals surface area (Å²) in [5, 5.41) is 0. The third-order valence-corrected chi connectivity index (χ3v) is 3.11. The molecule has 2 N–H and O–H groups in total. The molecule has 3 unspecified atom stereocenters. The molecule has 0 spiro atoms. The number of hydrogen-bond donors (Lipinski definition) is 1. The SMILES string of the molecule is CN1CCC2CC(N)CC21. The molecule has 2 rings (SSSR count). The number of nitrogens with zero attached hydrogens (tertiary/aromatic N) is 1. The Morgan fingerprint density at radius 2 is 2.20 bits per heavy atom. The average molecular weight is 140 g/mol. The Balaban J connectivity index is 2.05. The van der Waals surface area contributed by atoms with Gasteiger partial charge in [0, 0.05) is 12.1 Å². The predicted octanol–water partition coefficient (Wildman–Crippen LogP) is 0.428. The van der Waals surface area contributed by atoms with Crippen molar-refractivity contribution in [3.63, 3.8) is 0 Å². The fraction of sp³-hybridized carbons (Fsp3) is 1.00. The standard InChI is InChI=1S/C8H16N2/c1-10-3-2-6-4-7(9)5-8(6)10/h6-8H,2-5,9H2,1H3. The molecule has 1 saturated carbocycles. The highest BCUT2D eigenvalue weighted by molar-refractivity contribution is 4.95. The van der Waals surface area contributed by atoms with Crippen LogP contribution in [0.4, 0.5) is 0 Å². The molecule has 0 amide bonds. The zero-order valence-electron chi connectivity index (χ0n) is 6.59. The fourth-order valence-corrected chi connectivity index (χ4v) is 2.53. The predicted molar refractivity (Wildman–Crippen MR) is 41.7 cm³/mol. The lowest BCUT2D eigenvalue weighted by Crippen LogP contribution is -2.27. The molecule has 0 aromatic heterocycles. The van der Waals surface area contributed by atoms with Gasteiger partial charge >= 0.3 is 0 Å². The monoisotopic (exact) mass is 140 g/mol. The van der Waals surface area contributed by atoms with Crippen molar-refractivity contribution >= 4 is 0 Å². The minimum absolute atomic E-state index is 0.498. The van der Waals surface area contributed by atoms with E-state index in [1.54, 1.807) is 0 Å². The first-order valence-corrected chi connectivity index (χ1v) is 4.23. The second-order valence-corrected chi connectivity index (χ2v) is 3.83. The fourth-order valence-electron chi connectivity index (χ4n) is 2.53. The molecule has 0 radical (unpaired) electrons. The van der Waals surface area contributed by atoms with Crippen molar-refractivity contribution < 1.29 is 0 Å². The van der Waals surface area contributed by atoms with Crippen molar-refractivity contribution in [2.45, 2.75) is 31.3 Å². The summed E-state index contributed by atoms with van der Waals surface area (Å²) in [6.07, 6.45) is 3.89. The molecular formula is C8H16N2. The molecule has 2 fully saturated rings. The molecule has 0 aromatic rings. The van der Waals surface area contributed by atoms with Crippen LogP contribution in [0.2, 0.25) is 0 Å². The highest BCUT2D eigenvalue weighted by Crippen LogP contribution is 2.35. The summed E-state index contributed by atoms with van der Waals surface area (Å²) in [7, 11) is 2.22. The molecule has 2 heteroatoms. The van der Waals surface area contributed by atoms with Gasteiger partial charge in [-0.1, -0.05) is 0 Å². The molecule has 1 heterocycles. The van der Waals surface area contributed by atoms with Crippen LogP contribution < -0.4 is 5.73 Å². The van der Waals surface area contributed by atoms with E-state index in [1.165, 1.54) is 25.8 Å². The van der Waals surface area contributed by atoms with Gasteiger partial charge in [0.15, 0.2) is 0 Å². The quantitative estimate of drug-likeness (QED) is 0.528. The molecule has 0 aromatic carbocycles. The van der Waals surface area contributed by atoms with Crippen LogP contribution in [0.5, 0.6) is 0 Å². The van der Waals surface area contributed by atoms with Crippen molar-refractivity contribution in [3.05, 3.63) is 0 Å². The molecule has 1 saturated heterocycles. The molecule has 1 aliphatic carbocycles. The summed E-state index contributed by atoms with van der Waals surface area (Å²) >= 11 is 0. The Bertz CT molecular complexity index is 135. The number of likely N-dealkylation sites (tertiary alicyclic amines) is 1. The van der Waals surface area contributed by atoms with Crippen molar-refractivity contribution in [1.29, 1.82) is 0 Å². The van der Waals surface area contributed by atoms with Crippen molar-refractivity contribution in [1.82, 2.24) is 4.90 Å². The van der Waals surface area contributed by atoms with Gasteiger partial charge in [-0.05, 0) is 38.8 Å². The zero-order chi connectivity index (χ0) is 7.14. The lowest BCUT2D eigenvalue weighted by atomic mass is 10.0. The minimum atomic E-state index is 0.498. The van der Waals surface area contributed by atoms with E-state index in [4.69, 9.17) is 5.73 Å². The molecule has 10 heavy (non-hydrogen) atoms. The van der Waals surface area contributed by atoms with E-state index in [9.17, 15) is 0 Å². The Kier molecular flexibility index (Phi) is 1.46. The molecule has 3 atom stereocenters. The zero-order valence-corrected chi connectivity index (χ0v) is 6.59. The summed E-state index contributed by atoms with van der Waals surface area (Å²) in [6, 6.07) is 1.33. The second-order valence-electron chi connectivity index (χ2n) is 3.83. The van der Waals surface area contributed by atoms with Crippen LogP contribution in [0.3, 0.4) is 0 Å². The van der Waals surface area contributed by atoms with E-state index in [1.807, 2.05) is 0 Å². The van der Waals surface area contributed by atoms with E-state index >= 15 is 0 Å². The molecule has 58 valence electrons. The average Bonchev–Trinajstić information content (AvgIpc) is 2.35. The van der Waals surface area contributed by atoms with E-state index in [0.717, 1.165) is 12.0 Å². The molecule has 2 aliphatic rings. The smallest absolute Gasteiger partial charge is 0.0136 e. The van der Waals surface area contributed by atoms with Gasteiger partial charge in [-0.3, -0.25) is 0 Å². The number of rotatable bonds is 0. The molecule has 0 bridgehead atoms. The summed E-state index contributed by atoms with van der Waals surface area (Å²) in [5.41, 5.74) is 5.86. The van der Waals surface area contributed by atoms with Crippen molar-refractivity contribution in [2.24, 2.45) is 11.7 Å². The number of nitrogens with two attached hydrogens (primary N) is 1. The van der Waals surface area contributed by atoms with Gasteiger partial charge < -0.3 is 10.6 Å². The van der Waals surface area contributed by atoms with Crippen LogP contribution in [-0.4, -0.2) is 30.6 Å². The number of hydrogen-bond acceptors (Lipinski definition) is 2. The summed E-state index contributed by atoms with van der Waals surface area (Å²) < 4.78 is 0.